The highest BCUT2D eigenvalue weighted by Crippen LogP contribution is 2.49. The monoisotopic (exact) mass is 383 g/mol. The van der Waals surface area contributed by atoms with Gasteiger partial charge < -0.3 is 14.4 Å². The van der Waals surface area contributed by atoms with Gasteiger partial charge in [0.2, 0.25) is 0 Å². The van der Waals surface area contributed by atoms with Crippen molar-refractivity contribution < 1.29 is 14.6 Å². The van der Waals surface area contributed by atoms with Gasteiger partial charge in [-0.3, -0.25) is 19.5 Å². The highest BCUT2D eigenvalue weighted by molar-refractivity contribution is 5.77. The topological polar surface area (TPSA) is 84.7 Å². The Hall–Kier alpha value is -2.51. The fourth-order valence-corrected chi connectivity index (χ4v) is 4.95. The second kappa shape index (κ2) is 7.48. The largest absolute Gasteiger partial charge is 0.468 e. The average Bonchev–Trinajstić information content (AvgIpc) is 3.24. The maximum absolute atomic E-state index is 13.2. The number of aliphatic hydroxyl groups excluding tert-OH is 1. The Morgan fingerprint density at radius 1 is 1.36 bits per heavy atom. The second-order valence-corrected chi connectivity index (χ2v) is 7.49. The Kier molecular flexibility index (Phi) is 5.03. The lowest BCUT2D eigenvalue weighted by Gasteiger charge is -2.29. The van der Waals surface area contributed by atoms with Crippen LogP contribution in [-0.4, -0.2) is 51.8 Å². The molecule has 0 aliphatic carbocycles. The molecular weight excluding hydrogens is 358 g/mol. The molecule has 0 amide bonds. The summed E-state index contributed by atoms with van der Waals surface area (Å²) in [4.78, 5) is 31.9. The average molecular weight is 383 g/mol. The summed E-state index contributed by atoms with van der Waals surface area (Å²) in [5, 5.41) is 10.1. The molecule has 1 fully saturated rings. The molecule has 0 aromatic carbocycles. The van der Waals surface area contributed by atoms with Crippen LogP contribution in [0.15, 0.2) is 41.5 Å². The lowest BCUT2D eigenvalue weighted by molar-refractivity contribution is -0.148. The first-order valence-corrected chi connectivity index (χ1v) is 9.70. The fraction of sp³-hybridized carbons (Fsp3) is 0.476. The molecule has 7 heteroatoms. The number of pyridine rings is 2. The summed E-state index contributed by atoms with van der Waals surface area (Å²) >= 11 is 0. The molecule has 0 unspecified atom stereocenters. The van der Waals surface area contributed by atoms with Crippen molar-refractivity contribution in [2.75, 3.05) is 20.3 Å². The molecule has 4 rings (SSSR count). The van der Waals surface area contributed by atoms with Crippen molar-refractivity contribution in [3.8, 4) is 11.1 Å². The van der Waals surface area contributed by atoms with Gasteiger partial charge in [0.05, 0.1) is 13.2 Å². The number of fused-ring (bicyclic) bond motifs is 3. The van der Waals surface area contributed by atoms with Crippen LogP contribution in [0.2, 0.25) is 0 Å². The number of esters is 1. The molecule has 0 radical (unpaired) electrons. The summed E-state index contributed by atoms with van der Waals surface area (Å²) < 4.78 is 6.83. The van der Waals surface area contributed by atoms with E-state index >= 15 is 0 Å². The van der Waals surface area contributed by atoms with Crippen molar-refractivity contribution in [2.45, 2.75) is 32.0 Å². The number of ether oxygens (including phenoxy) is 1. The van der Waals surface area contributed by atoms with Crippen LogP contribution in [-0.2, 0) is 16.1 Å². The van der Waals surface area contributed by atoms with E-state index in [1.807, 2.05) is 24.3 Å². The van der Waals surface area contributed by atoms with E-state index in [1.165, 1.54) is 7.11 Å². The van der Waals surface area contributed by atoms with E-state index in [9.17, 15) is 14.7 Å². The van der Waals surface area contributed by atoms with Crippen molar-refractivity contribution in [1.29, 1.82) is 0 Å². The summed E-state index contributed by atoms with van der Waals surface area (Å²) in [6.45, 7) is 3.14. The van der Waals surface area contributed by atoms with Gasteiger partial charge >= 0.3 is 5.97 Å². The van der Waals surface area contributed by atoms with E-state index in [2.05, 4.69) is 16.8 Å². The predicted molar refractivity (Wildman–Crippen MR) is 104 cm³/mol. The number of aromatic nitrogens is 2. The molecular formula is C21H25N3O4. The third kappa shape index (κ3) is 2.77. The van der Waals surface area contributed by atoms with Crippen LogP contribution in [0, 0.1) is 11.8 Å². The summed E-state index contributed by atoms with van der Waals surface area (Å²) in [5.74, 6) is -0.578. The van der Waals surface area contributed by atoms with Crippen LogP contribution in [0.4, 0.5) is 0 Å². The zero-order valence-corrected chi connectivity index (χ0v) is 16.1. The van der Waals surface area contributed by atoms with Crippen molar-refractivity contribution in [3.05, 3.63) is 52.7 Å². The molecule has 4 atom stereocenters. The molecule has 4 heterocycles. The molecule has 148 valence electrons. The Balaban J connectivity index is 1.79. The quantitative estimate of drug-likeness (QED) is 0.787. The van der Waals surface area contributed by atoms with Crippen LogP contribution in [0.25, 0.3) is 11.1 Å². The lowest BCUT2D eigenvalue weighted by Crippen LogP contribution is -2.43. The van der Waals surface area contributed by atoms with Gasteiger partial charge in [-0.1, -0.05) is 13.0 Å². The van der Waals surface area contributed by atoms with Crippen molar-refractivity contribution >= 4 is 5.97 Å². The first kappa shape index (κ1) is 18.8. The number of carbonyl (C=O) groups excluding carboxylic acids is 1. The number of methoxy groups -OCH3 is 1. The Morgan fingerprint density at radius 3 is 2.82 bits per heavy atom. The van der Waals surface area contributed by atoms with Crippen LogP contribution >= 0.6 is 0 Å². The minimum atomic E-state index is -0.480. The van der Waals surface area contributed by atoms with Crippen molar-refractivity contribution in [3.63, 3.8) is 0 Å². The van der Waals surface area contributed by atoms with Gasteiger partial charge in [0.15, 0.2) is 0 Å². The number of hydrogen-bond donors (Lipinski definition) is 1. The summed E-state index contributed by atoms with van der Waals surface area (Å²) in [5.41, 5.74) is 2.25. The van der Waals surface area contributed by atoms with E-state index in [1.54, 1.807) is 17.0 Å². The number of rotatable bonds is 5. The van der Waals surface area contributed by atoms with Crippen molar-refractivity contribution in [2.24, 2.45) is 11.8 Å². The molecule has 28 heavy (non-hydrogen) atoms. The molecule has 0 saturated carbocycles. The summed E-state index contributed by atoms with van der Waals surface area (Å²) in [6, 6.07) is 6.96. The number of aliphatic hydroxyl groups is 1. The molecule has 0 spiro atoms. The molecule has 7 nitrogen and oxygen atoms in total. The number of nitrogens with zero attached hydrogens (tertiary/aromatic N) is 3. The van der Waals surface area contributed by atoms with E-state index in [4.69, 9.17) is 4.74 Å². The van der Waals surface area contributed by atoms with Gasteiger partial charge in [0, 0.05) is 54.2 Å². The zero-order chi connectivity index (χ0) is 19.8. The SMILES string of the molecule is CCCN1[C@H](C(=O)OC)[C@@H](CO)[C@@H]2Cn3c(ccc(-c4cccnc4)c3=O)[C@@H]21. The van der Waals surface area contributed by atoms with Crippen molar-refractivity contribution in [1.82, 2.24) is 14.5 Å². The minimum Gasteiger partial charge on any atom is -0.468 e. The van der Waals surface area contributed by atoms with Gasteiger partial charge in [0.1, 0.15) is 6.04 Å². The van der Waals surface area contributed by atoms with Crippen LogP contribution in [0.5, 0.6) is 0 Å². The third-order valence-electron chi connectivity index (χ3n) is 6.09. The number of likely N-dealkylation sites (tertiary alicyclic amines) is 1. The van der Waals surface area contributed by atoms with E-state index < -0.39 is 6.04 Å². The van der Waals surface area contributed by atoms with Gasteiger partial charge in [-0.2, -0.15) is 0 Å². The molecule has 2 aromatic rings. The van der Waals surface area contributed by atoms with E-state index in [0.29, 0.717) is 18.7 Å². The number of carbonyl (C=O) groups is 1. The van der Waals surface area contributed by atoms with Crippen LogP contribution in [0.3, 0.4) is 0 Å². The van der Waals surface area contributed by atoms with Gasteiger partial charge in [-0.15, -0.1) is 0 Å². The molecule has 2 aromatic heterocycles. The molecule has 2 aliphatic heterocycles. The van der Waals surface area contributed by atoms with Gasteiger partial charge in [0.25, 0.3) is 5.56 Å². The van der Waals surface area contributed by atoms with Gasteiger partial charge in [-0.25, -0.2) is 0 Å². The minimum absolute atomic E-state index is 0.00232. The maximum Gasteiger partial charge on any atom is 0.323 e. The van der Waals surface area contributed by atoms with Crippen LogP contribution in [0.1, 0.15) is 25.1 Å². The first-order valence-electron chi connectivity index (χ1n) is 9.70. The zero-order valence-electron chi connectivity index (χ0n) is 16.1. The predicted octanol–water partition coefficient (Wildman–Crippen LogP) is 1.46. The first-order chi connectivity index (χ1) is 13.6. The second-order valence-electron chi connectivity index (χ2n) is 7.49. The van der Waals surface area contributed by atoms with Crippen LogP contribution < -0.4 is 5.56 Å². The van der Waals surface area contributed by atoms with E-state index in [0.717, 1.165) is 17.7 Å². The smallest absolute Gasteiger partial charge is 0.323 e. The Labute approximate surface area is 163 Å². The molecule has 2 aliphatic rings. The fourth-order valence-electron chi connectivity index (χ4n) is 4.95. The summed E-state index contributed by atoms with van der Waals surface area (Å²) in [7, 11) is 1.38. The number of hydrogen-bond acceptors (Lipinski definition) is 6. The molecule has 0 bridgehead atoms. The third-order valence-corrected chi connectivity index (χ3v) is 6.09. The Bertz CT molecular complexity index is 927. The maximum atomic E-state index is 13.2. The lowest BCUT2D eigenvalue weighted by atomic mass is 9.88. The normalized spacial score (nSPS) is 26.1. The summed E-state index contributed by atoms with van der Waals surface area (Å²) in [6.07, 6.45) is 4.24. The Morgan fingerprint density at radius 2 is 2.18 bits per heavy atom. The molecule has 1 N–H and O–H groups in total. The highest BCUT2D eigenvalue weighted by Gasteiger charge is 2.55. The highest BCUT2D eigenvalue weighted by atomic mass is 16.5. The van der Waals surface area contributed by atoms with E-state index in [-0.39, 0.29) is 36.0 Å². The molecule has 1 saturated heterocycles. The van der Waals surface area contributed by atoms with Gasteiger partial charge in [-0.05, 0) is 31.2 Å². The standard InChI is InChI=1S/C21H25N3O4/c1-3-9-23-18-15(16(12-25)19(23)21(27)28-2)11-24-17(18)7-6-14(20(24)26)13-5-4-8-22-10-13/h4-8,10,15-16,18-19,25H,3,9,11-12H2,1-2H3/t15-,16-,18+,19-/m0/s1.